The van der Waals surface area contributed by atoms with Gasteiger partial charge in [-0.15, -0.1) is 11.3 Å². The zero-order valence-corrected chi connectivity index (χ0v) is 18.3. The quantitative estimate of drug-likeness (QED) is 0.346. The molecule has 11 heteroatoms. The predicted molar refractivity (Wildman–Crippen MR) is 121 cm³/mol. The van der Waals surface area contributed by atoms with Gasteiger partial charge >= 0.3 is 11.3 Å². The Balaban J connectivity index is 1.86. The lowest BCUT2D eigenvalue weighted by Gasteiger charge is -2.08. The summed E-state index contributed by atoms with van der Waals surface area (Å²) in [5, 5.41) is 15.2. The fourth-order valence-corrected chi connectivity index (χ4v) is 4.45. The molecule has 0 fully saturated rings. The van der Waals surface area contributed by atoms with E-state index < -0.39 is 11.5 Å². The van der Waals surface area contributed by atoms with Crippen LogP contribution >= 0.6 is 11.3 Å². The van der Waals surface area contributed by atoms with Crippen LogP contribution in [0, 0.1) is 11.3 Å². The van der Waals surface area contributed by atoms with Crippen molar-refractivity contribution in [2.75, 3.05) is 16.8 Å². The van der Waals surface area contributed by atoms with E-state index in [2.05, 4.69) is 29.4 Å². The number of thiophene rings is 1. The summed E-state index contributed by atoms with van der Waals surface area (Å²) in [6.07, 6.45) is 0. The second-order valence-electron chi connectivity index (χ2n) is 7.50. The summed E-state index contributed by atoms with van der Waals surface area (Å²) in [5.41, 5.74) is 13.7. The number of hydrogen-bond acceptors (Lipinski definition) is 8. The summed E-state index contributed by atoms with van der Waals surface area (Å²) >= 11 is 1.03. The summed E-state index contributed by atoms with van der Waals surface area (Å²) in [4.78, 5) is 30.1. The number of hydrogen-bond donors (Lipinski definition) is 4. The van der Waals surface area contributed by atoms with Crippen molar-refractivity contribution in [3.63, 3.8) is 0 Å². The molecule has 0 bridgehead atoms. The van der Waals surface area contributed by atoms with Crippen LogP contribution in [0.5, 0.6) is 0 Å². The van der Waals surface area contributed by atoms with E-state index in [0.717, 1.165) is 16.9 Å². The molecule has 10 nitrogen and oxygen atoms in total. The van der Waals surface area contributed by atoms with Crippen LogP contribution in [0.4, 0.5) is 17.2 Å². The van der Waals surface area contributed by atoms with E-state index in [1.165, 1.54) is 4.68 Å². The highest BCUT2D eigenvalue weighted by Crippen LogP contribution is 2.41. The first kappa shape index (κ1) is 21.1. The average molecular weight is 451 g/mol. The molecule has 4 aromatic rings. The fourth-order valence-electron chi connectivity index (χ4n) is 3.44. The van der Waals surface area contributed by atoms with Gasteiger partial charge in [0.15, 0.2) is 7.05 Å². The molecule has 1 aromatic carbocycles. The number of nitrogen functional groups attached to an aromatic ring is 2. The Bertz CT molecular complexity index is 1460. The summed E-state index contributed by atoms with van der Waals surface area (Å²) < 4.78 is 6.14. The minimum absolute atomic E-state index is 0.0271. The number of amides is 1. The van der Waals surface area contributed by atoms with Crippen molar-refractivity contribution in [2.45, 2.75) is 19.8 Å². The molecular formula is C21H20N7O3S+. The number of pyridine rings is 1. The molecule has 0 spiro atoms. The molecule has 0 atom stereocenters. The van der Waals surface area contributed by atoms with Crippen molar-refractivity contribution in [3.05, 3.63) is 50.7 Å². The number of nitriles is 1. The van der Waals surface area contributed by atoms with Crippen LogP contribution in [0.25, 0.3) is 21.5 Å². The van der Waals surface area contributed by atoms with Gasteiger partial charge in [-0.2, -0.15) is 5.26 Å². The monoisotopic (exact) mass is 450 g/mol. The Morgan fingerprint density at radius 2 is 2.00 bits per heavy atom. The van der Waals surface area contributed by atoms with E-state index in [4.69, 9.17) is 16.0 Å². The predicted octanol–water partition coefficient (Wildman–Crippen LogP) is 2.48. The summed E-state index contributed by atoms with van der Waals surface area (Å²) in [6, 6.07) is 9.49. The summed E-state index contributed by atoms with van der Waals surface area (Å²) in [7, 11) is 1.54. The lowest BCUT2D eigenvalue weighted by molar-refractivity contribution is -0.730. The number of aryl methyl sites for hydroxylation is 1. The summed E-state index contributed by atoms with van der Waals surface area (Å²) in [5.74, 6) is -0.140. The topological polar surface area (TPSA) is 168 Å². The lowest BCUT2D eigenvalue weighted by atomic mass is 10.0. The molecule has 0 aliphatic carbocycles. The largest absolute Gasteiger partial charge is 0.435 e. The van der Waals surface area contributed by atoms with E-state index in [-0.39, 0.29) is 33.2 Å². The van der Waals surface area contributed by atoms with E-state index in [0.29, 0.717) is 21.8 Å². The number of rotatable bonds is 4. The number of nitrogens with two attached hydrogens (primary N) is 2. The zero-order chi connectivity index (χ0) is 23.2. The molecule has 32 heavy (non-hydrogen) atoms. The van der Waals surface area contributed by atoms with Gasteiger partial charge in [-0.3, -0.25) is 9.32 Å². The minimum atomic E-state index is -0.710. The maximum atomic E-state index is 13.0. The van der Waals surface area contributed by atoms with Gasteiger partial charge in [0.25, 0.3) is 5.91 Å². The first-order chi connectivity index (χ1) is 15.2. The third-order valence-electron chi connectivity index (χ3n) is 5.10. The van der Waals surface area contributed by atoms with Gasteiger partial charge in [-0.25, -0.2) is 9.78 Å². The number of nitrogens with one attached hydrogen (secondary N) is 2. The molecule has 4 rings (SSSR count). The van der Waals surface area contributed by atoms with Crippen LogP contribution < -0.4 is 27.1 Å². The molecule has 3 heterocycles. The Morgan fingerprint density at radius 3 is 2.56 bits per heavy atom. The Kier molecular flexibility index (Phi) is 5.15. The van der Waals surface area contributed by atoms with Crippen LogP contribution in [-0.2, 0) is 7.05 Å². The fraction of sp³-hybridized carbons (Fsp3) is 0.190. The molecule has 3 aromatic heterocycles. The third kappa shape index (κ3) is 3.36. The van der Waals surface area contributed by atoms with Gasteiger partial charge in [0.1, 0.15) is 27.2 Å². The highest BCUT2D eigenvalue weighted by atomic mass is 32.1. The van der Waals surface area contributed by atoms with Gasteiger partial charge in [0.2, 0.25) is 0 Å². The molecule has 162 valence electrons. The molecule has 0 radical (unpaired) electrons. The molecular weight excluding hydrogens is 430 g/mol. The number of aromatic nitrogens is 3. The van der Waals surface area contributed by atoms with Crippen molar-refractivity contribution < 1.29 is 14.0 Å². The summed E-state index contributed by atoms with van der Waals surface area (Å²) in [6.45, 7) is 4.17. The Morgan fingerprint density at radius 1 is 1.31 bits per heavy atom. The van der Waals surface area contributed by atoms with Gasteiger partial charge < -0.3 is 16.8 Å². The van der Waals surface area contributed by atoms with Crippen molar-refractivity contribution in [1.29, 1.82) is 5.26 Å². The number of carbonyl (C=O) groups is 1. The second-order valence-corrected chi connectivity index (χ2v) is 8.50. The number of benzene rings is 1. The number of nitrogens with zero attached hydrogens (tertiary/aromatic N) is 3. The lowest BCUT2D eigenvalue weighted by Crippen LogP contribution is -2.34. The third-order valence-corrected chi connectivity index (χ3v) is 6.20. The molecule has 0 aliphatic rings. The smallest absolute Gasteiger partial charge is 0.397 e. The molecule has 1 amide bonds. The van der Waals surface area contributed by atoms with Crippen molar-refractivity contribution in [1.82, 2.24) is 10.3 Å². The van der Waals surface area contributed by atoms with Crippen molar-refractivity contribution in [3.8, 4) is 17.3 Å². The van der Waals surface area contributed by atoms with Crippen LogP contribution in [0.2, 0.25) is 0 Å². The Labute approximate surface area is 186 Å². The number of carbonyl (C=O) groups excluding carboxylic acids is 1. The normalized spacial score (nSPS) is 11.1. The van der Waals surface area contributed by atoms with E-state index in [1.54, 1.807) is 7.05 Å². The molecule has 6 N–H and O–H groups in total. The van der Waals surface area contributed by atoms with Gasteiger partial charge in [0.05, 0.1) is 16.6 Å². The zero-order valence-electron chi connectivity index (χ0n) is 17.5. The van der Waals surface area contributed by atoms with Crippen LogP contribution in [0.1, 0.15) is 40.6 Å². The molecule has 0 saturated carbocycles. The van der Waals surface area contributed by atoms with Crippen LogP contribution in [0.3, 0.4) is 0 Å². The molecule has 0 unspecified atom stereocenters. The maximum absolute atomic E-state index is 13.0. The van der Waals surface area contributed by atoms with Crippen molar-refractivity contribution >= 4 is 44.7 Å². The number of anilines is 3. The number of H-pyrrole nitrogens is 1. The number of aromatic amines is 1. The Hall–Kier alpha value is -4.17. The SMILES string of the molecule is CC(C)c1ccc(NC(=O)c2sc3nc(N)c(C#N)c(-c4c(=O)o[nH][n+]4C)c3c2N)cc1. The highest BCUT2D eigenvalue weighted by Gasteiger charge is 2.32. The minimum Gasteiger partial charge on any atom is -0.397 e. The van der Waals surface area contributed by atoms with Crippen LogP contribution in [-0.4, -0.2) is 16.2 Å². The second kappa shape index (κ2) is 7.82. The standard InChI is InChI=1S/C21H19N7O3S/c1-9(2)10-4-6-11(7-5-10)25-19(29)17-15(23)14-13(16-21(30)31-27-28(16)3)12(8-22)18(24)26-20(14)32-17/h4-7,9H,1-3H3,(H5-,23,24,25,26,27,29,30)/p+1. The van der Waals surface area contributed by atoms with E-state index >= 15 is 0 Å². The maximum Gasteiger partial charge on any atom is 0.435 e. The first-order valence-corrected chi connectivity index (χ1v) is 10.4. The van der Waals surface area contributed by atoms with E-state index in [9.17, 15) is 14.9 Å². The first-order valence-electron chi connectivity index (χ1n) is 9.63. The molecule has 0 aliphatic heterocycles. The van der Waals surface area contributed by atoms with Crippen LogP contribution in [0.15, 0.2) is 33.6 Å². The van der Waals surface area contributed by atoms with Gasteiger partial charge in [-0.05, 0) is 28.9 Å². The van der Waals surface area contributed by atoms with E-state index in [1.807, 2.05) is 30.3 Å². The van der Waals surface area contributed by atoms with Crippen molar-refractivity contribution in [2.24, 2.45) is 7.05 Å². The van der Waals surface area contributed by atoms with Gasteiger partial charge in [-0.1, -0.05) is 30.7 Å². The molecule has 0 saturated heterocycles. The van der Waals surface area contributed by atoms with Gasteiger partial charge in [0, 0.05) is 5.69 Å². The highest BCUT2D eigenvalue weighted by molar-refractivity contribution is 7.21. The average Bonchev–Trinajstić information content (AvgIpc) is 3.26. The number of fused-ring (bicyclic) bond motifs is 1.